The van der Waals surface area contributed by atoms with E-state index < -0.39 is 0 Å². The third-order valence-corrected chi connectivity index (χ3v) is 2.11. The second-order valence-electron chi connectivity index (χ2n) is 3.46. The molecule has 1 unspecified atom stereocenters. The molecule has 0 bridgehead atoms. The second-order valence-corrected chi connectivity index (χ2v) is 3.46. The molecular formula is C15H19O2P. The topological polar surface area (TPSA) is 40.5 Å². The standard InChI is InChI=1S/C9H10O.C6H6O.H3P/c1-2-5-8-6-3-4-7-9(8)10;7-6-4-2-1-3-5-6;/h2-4,6-7,10H,1,5H2;1-5,7H;1H3. The quantitative estimate of drug-likeness (QED) is 0.641. The van der Waals surface area contributed by atoms with Crippen molar-refractivity contribution in [3.8, 4) is 11.5 Å². The smallest absolute Gasteiger partial charge is 0.119 e. The van der Waals surface area contributed by atoms with Crippen LogP contribution >= 0.6 is 9.90 Å². The Morgan fingerprint density at radius 2 is 1.44 bits per heavy atom. The fraction of sp³-hybridized carbons (Fsp3) is 0.0667. The lowest BCUT2D eigenvalue weighted by Crippen LogP contribution is -1.79. The molecule has 0 aliphatic heterocycles. The number of aromatic hydroxyl groups is 2. The Kier molecular flexibility index (Phi) is 8.34. The number of hydrogen-bond donors (Lipinski definition) is 2. The van der Waals surface area contributed by atoms with Gasteiger partial charge in [-0.25, -0.2) is 0 Å². The van der Waals surface area contributed by atoms with Gasteiger partial charge in [0.15, 0.2) is 0 Å². The summed E-state index contributed by atoms with van der Waals surface area (Å²) < 4.78 is 0. The van der Waals surface area contributed by atoms with E-state index in [0.717, 1.165) is 12.0 Å². The second kappa shape index (κ2) is 9.26. The highest BCUT2D eigenvalue weighted by atomic mass is 31.0. The molecule has 2 aromatic carbocycles. The lowest BCUT2D eigenvalue weighted by Gasteiger charge is -1.97. The van der Waals surface area contributed by atoms with Gasteiger partial charge in [-0.1, -0.05) is 42.5 Å². The summed E-state index contributed by atoms with van der Waals surface area (Å²) >= 11 is 0. The molecule has 18 heavy (non-hydrogen) atoms. The maximum Gasteiger partial charge on any atom is 0.119 e. The van der Waals surface area contributed by atoms with Gasteiger partial charge in [-0.3, -0.25) is 0 Å². The summed E-state index contributed by atoms with van der Waals surface area (Å²) in [5, 5.41) is 17.8. The van der Waals surface area contributed by atoms with E-state index in [1.807, 2.05) is 24.3 Å². The summed E-state index contributed by atoms with van der Waals surface area (Å²) in [6.07, 6.45) is 2.50. The first kappa shape index (κ1) is 16.2. The van der Waals surface area contributed by atoms with E-state index in [4.69, 9.17) is 5.11 Å². The van der Waals surface area contributed by atoms with Crippen molar-refractivity contribution in [1.82, 2.24) is 0 Å². The number of allylic oxidation sites excluding steroid dienone is 1. The van der Waals surface area contributed by atoms with Crippen LogP contribution in [0, 0.1) is 0 Å². The van der Waals surface area contributed by atoms with E-state index in [9.17, 15) is 5.11 Å². The predicted molar refractivity (Wildman–Crippen MR) is 81.2 cm³/mol. The van der Waals surface area contributed by atoms with Crippen molar-refractivity contribution >= 4 is 9.90 Å². The maximum absolute atomic E-state index is 9.19. The van der Waals surface area contributed by atoms with Gasteiger partial charge >= 0.3 is 0 Å². The molecular weight excluding hydrogens is 243 g/mol. The minimum absolute atomic E-state index is 0. The van der Waals surface area contributed by atoms with Gasteiger partial charge in [0.05, 0.1) is 0 Å². The SMILES string of the molecule is C=CCc1ccccc1O.Oc1ccccc1.P. The molecule has 0 spiro atoms. The molecule has 1 atom stereocenters. The van der Waals surface area contributed by atoms with Crippen LogP contribution in [0.4, 0.5) is 0 Å². The fourth-order valence-corrected chi connectivity index (χ4v) is 1.27. The van der Waals surface area contributed by atoms with Crippen molar-refractivity contribution in [2.45, 2.75) is 6.42 Å². The Hall–Kier alpha value is -1.79. The molecule has 0 aliphatic rings. The third-order valence-electron chi connectivity index (χ3n) is 2.11. The van der Waals surface area contributed by atoms with Crippen LogP contribution in [0.15, 0.2) is 67.3 Å². The monoisotopic (exact) mass is 262 g/mol. The van der Waals surface area contributed by atoms with Crippen molar-refractivity contribution in [2.24, 2.45) is 0 Å². The zero-order chi connectivity index (χ0) is 12.5. The van der Waals surface area contributed by atoms with Gasteiger partial charge in [0, 0.05) is 0 Å². The van der Waals surface area contributed by atoms with E-state index in [2.05, 4.69) is 6.58 Å². The van der Waals surface area contributed by atoms with E-state index >= 15 is 0 Å². The summed E-state index contributed by atoms with van der Waals surface area (Å²) in [7, 11) is 0. The number of para-hydroxylation sites is 2. The average Bonchev–Trinajstić information content (AvgIpc) is 2.34. The van der Waals surface area contributed by atoms with Gasteiger partial charge in [0.1, 0.15) is 11.5 Å². The number of hydrogen-bond acceptors (Lipinski definition) is 2. The van der Waals surface area contributed by atoms with Crippen molar-refractivity contribution in [2.75, 3.05) is 0 Å². The van der Waals surface area contributed by atoms with Gasteiger partial charge in [-0.2, -0.15) is 9.90 Å². The highest BCUT2D eigenvalue weighted by Gasteiger charge is 1.93. The van der Waals surface area contributed by atoms with E-state index in [1.54, 1.807) is 36.4 Å². The van der Waals surface area contributed by atoms with Crippen LogP contribution in [0.3, 0.4) is 0 Å². The summed E-state index contributed by atoms with van der Waals surface area (Å²) in [5.74, 6) is 0.671. The fourth-order valence-electron chi connectivity index (χ4n) is 1.27. The van der Waals surface area contributed by atoms with Crippen LogP contribution in [0.1, 0.15) is 5.56 Å². The Balaban J connectivity index is 0.000000321. The molecule has 0 radical (unpaired) electrons. The van der Waals surface area contributed by atoms with E-state index in [0.29, 0.717) is 11.5 Å². The molecule has 0 saturated heterocycles. The third kappa shape index (κ3) is 6.07. The van der Waals surface area contributed by atoms with Gasteiger partial charge in [0.2, 0.25) is 0 Å². The molecule has 0 amide bonds. The van der Waals surface area contributed by atoms with E-state index in [-0.39, 0.29) is 9.90 Å². The largest absolute Gasteiger partial charge is 0.508 e. The molecule has 0 fully saturated rings. The highest BCUT2D eigenvalue weighted by Crippen LogP contribution is 2.15. The Labute approximate surface area is 111 Å². The summed E-state index contributed by atoms with van der Waals surface area (Å²) in [4.78, 5) is 0. The number of phenols is 2. The van der Waals surface area contributed by atoms with Crippen LogP contribution in [-0.2, 0) is 6.42 Å². The molecule has 0 saturated carbocycles. The van der Waals surface area contributed by atoms with Crippen molar-refractivity contribution < 1.29 is 10.2 Å². The molecule has 0 heterocycles. The summed E-state index contributed by atoms with van der Waals surface area (Å²) in [6, 6.07) is 16.0. The van der Waals surface area contributed by atoms with Gasteiger partial charge in [-0.15, -0.1) is 6.58 Å². The van der Waals surface area contributed by atoms with Crippen LogP contribution in [-0.4, -0.2) is 10.2 Å². The number of benzene rings is 2. The minimum atomic E-state index is 0. The van der Waals surface area contributed by atoms with Crippen molar-refractivity contribution in [3.63, 3.8) is 0 Å². The van der Waals surface area contributed by atoms with Crippen LogP contribution in [0.25, 0.3) is 0 Å². The Morgan fingerprint density at radius 3 is 1.89 bits per heavy atom. The predicted octanol–water partition coefficient (Wildman–Crippen LogP) is 3.57. The lowest BCUT2D eigenvalue weighted by molar-refractivity contribution is 0.469. The van der Waals surface area contributed by atoms with Gasteiger partial charge < -0.3 is 10.2 Å². The van der Waals surface area contributed by atoms with Crippen molar-refractivity contribution in [3.05, 3.63) is 72.8 Å². The van der Waals surface area contributed by atoms with Crippen LogP contribution in [0.5, 0.6) is 11.5 Å². The highest BCUT2D eigenvalue weighted by molar-refractivity contribution is 6.92. The molecule has 2 aromatic rings. The Morgan fingerprint density at radius 1 is 0.889 bits per heavy atom. The molecule has 2 nitrogen and oxygen atoms in total. The summed E-state index contributed by atoms with van der Waals surface area (Å²) in [6.45, 7) is 3.59. The van der Waals surface area contributed by atoms with Gasteiger partial charge in [-0.05, 0) is 30.2 Å². The number of phenolic OH excluding ortho intramolecular Hbond substituents is 2. The summed E-state index contributed by atoms with van der Waals surface area (Å²) in [5.41, 5.74) is 0.928. The Bertz CT molecular complexity index is 455. The molecule has 2 rings (SSSR count). The first-order chi connectivity index (χ1) is 8.24. The van der Waals surface area contributed by atoms with Crippen LogP contribution < -0.4 is 0 Å². The minimum Gasteiger partial charge on any atom is -0.508 e. The molecule has 2 N–H and O–H groups in total. The maximum atomic E-state index is 9.19. The zero-order valence-electron chi connectivity index (χ0n) is 10.3. The molecule has 0 aromatic heterocycles. The van der Waals surface area contributed by atoms with E-state index in [1.165, 1.54) is 0 Å². The molecule has 0 aliphatic carbocycles. The first-order valence-corrected chi connectivity index (χ1v) is 5.36. The molecule has 96 valence electrons. The first-order valence-electron chi connectivity index (χ1n) is 5.36. The lowest BCUT2D eigenvalue weighted by atomic mass is 10.1. The zero-order valence-corrected chi connectivity index (χ0v) is 11.7. The molecule has 3 heteroatoms. The number of rotatable bonds is 2. The normalized spacial score (nSPS) is 8.44. The van der Waals surface area contributed by atoms with Crippen molar-refractivity contribution in [1.29, 1.82) is 0 Å². The van der Waals surface area contributed by atoms with Crippen LogP contribution in [0.2, 0.25) is 0 Å². The average molecular weight is 262 g/mol. The van der Waals surface area contributed by atoms with Gasteiger partial charge in [0.25, 0.3) is 0 Å².